The first-order chi connectivity index (χ1) is 12.7. The Morgan fingerprint density at radius 1 is 1.04 bits per heavy atom. The van der Waals surface area contributed by atoms with Gasteiger partial charge in [-0.15, -0.1) is 0 Å². The maximum absolute atomic E-state index is 12.2. The number of rotatable bonds is 7. The van der Waals surface area contributed by atoms with Gasteiger partial charge in [-0.3, -0.25) is 9.78 Å². The predicted octanol–water partition coefficient (Wildman–Crippen LogP) is 3.06. The molecule has 1 N–H and O–H groups in total. The summed E-state index contributed by atoms with van der Waals surface area (Å²) in [6.45, 7) is 0.753. The quantitative estimate of drug-likeness (QED) is 0.662. The van der Waals surface area contributed by atoms with Crippen LogP contribution in [0.15, 0.2) is 54.7 Å². The van der Waals surface area contributed by atoms with Crippen LogP contribution >= 0.6 is 0 Å². The molecule has 0 aliphatic carbocycles. The summed E-state index contributed by atoms with van der Waals surface area (Å²) in [7, 11) is 3.09. The highest BCUT2D eigenvalue weighted by molar-refractivity contribution is 5.94. The molecule has 6 heteroatoms. The van der Waals surface area contributed by atoms with E-state index in [9.17, 15) is 4.79 Å². The molecule has 0 aliphatic heterocycles. The van der Waals surface area contributed by atoms with Gasteiger partial charge in [0.05, 0.1) is 26.3 Å². The van der Waals surface area contributed by atoms with Crippen molar-refractivity contribution in [3.63, 3.8) is 0 Å². The number of ether oxygens (including phenoxy) is 3. The molecule has 26 heavy (non-hydrogen) atoms. The number of hydrogen-bond acceptors (Lipinski definition) is 5. The number of carbonyl (C=O) groups is 1. The van der Waals surface area contributed by atoms with Gasteiger partial charge in [-0.1, -0.05) is 6.07 Å². The lowest BCUT2D eigenvalue weighted by molar-refractivity contribution is 0.0946. The molecule has 0 unspecified atom stereocenters. The minimum atomic E-state index is -0.197. The van der Waals surface area contributed by atoms with Crippen molar-refractivity contribution < 1.29 is 19.0 Å². The SMILES string of the molecule is COc1ccc(C(=O)NCCOc2ccc3ncccc3c2)cc1OC. The van der Waals surface area contributed by atoms with E-state index in [1.54, 1.807) is 31.5 Å². The summed E-state index contributed by atoms with van der Waals surface area (Å²) in [5, 5.41) is 3.84. The molecule has 1 heterocycles. The summed E-state index contributed by atoms with van der Waals surface area (Å²) in [5.74, 6) is 1.64. The topological polar surface area (TPSA) is 69.7 Å². The van der Waals surface area contributed by atoms with Gasteiger partial charge in [-0.05, 0) is 42.5 Å². The zero-order valence-electron chi connectivity index (χ0n) is 14.7. The average Bonchev–Trinajstić information content (AvgIpc) is 2.70. The predicted molar refractivity (Wildman–Crippen MR) is 99.1 cm³/mol. The van der Waals surface area contributed by atoms with Crippen LogP contribution in [-0.4, -0.2) is 38.3 Å². The molecule has 3 aromatic rings. The Morgan fingerprint density at radius 3 is 2.69 bits per heavy atom. The van der Waals surface area contributed by atoms with Crippen molar-refractivity contribution in [2.45, 2.75) is 0 Å². The number of benzene rings is 2. The lowest BCUT2D eigenvalue weighted by atomic mass is 10.2. The van der Waals surface area contributed by atoms with E-state index in [2.05, 4.69) is 10.3 Å². The molecule has 1 aromatic heterocycles. The molecule has 134 valence electrons. The smallest absolute Gasteiger partial charge is 0.251 e. The fourth-order valence-electron chi connectivity index (χ4n) is 2.56. The van der Waals surface area contributed by atoms with E-state index in [4.69, 9.17) is 14.2 Å². The first-order valence-electron chi connectivity index (χ1n) is 8.19. The van der Waals surface area contributed by atoms with E-state index in [-0.39, 0.29) is 5.91 Å². The lowest BCUT2D eigenvalue weighted by Crippen LogP contribution is -2.28. The van der Waals surface area contributed by atoms with E-state index in [0.29, 0.717) is 30.2 Å². The largest absolute Gasteiger partial charge is 0.493 e. The number of pyridine rings is 1. The Bertz CT molecular complexity index is 911. The number of hydrogen-bond donors (Lipinski definition) is 1. The van der Waals surface area contributed by atoms with Crippen molar-refractivity contribution in [2.24, 2.45) is 0 Å². The van der Waals surface area contributed by atoms with Crippen LogP contribution in [-0.2, 0) is 0 Å². The molecule has 0 bridgehead atoms. The molecular formula is C20H20N2O4. The Kier molecular flexibility index (Phi) is 5.53. The number of amides is 1. The minimum absolute atomic E-state index is 0.197. The van der Waals surface area contributed by atoms with Crippen molar-refractivity contribution in [3.8, 4) is 17.2 Å². The van der Waals surface area contributed by atoms with E-state index in [1.807, 2.05) is 30.3 Å². The second-order valence-corrected chi connectivity index (χ2v) is 5.53. The van der Waals surface area contributed by atoms with Crippen molar-refractivity contribution in [2.75, 3.05) is 27.4 Å². The minimum Gasteiger partial charge on any atom is -0.493 e. The van der Waals surface area contributed by atoms with Crippen molar-refractivity contribution in [3.05, 3.63) is 60.3 Å². The standard InChI is InChI=1S/C20H20N2O4/c1-24-18-8-5-15(13-19(18)25-2)20(23)22-10-11-26-16-6-7-17-14(12-16)4-3-9-21-17/h3-9,12-13H,10-11H2,1-2H3,(H,22,23). The van der Waals surface area contributed by atoms with Gasteiger partial charge in [0.1, 0.15) is 12.4 Å². The van der Waals surface area contributed by atoms with Gasteiger partial charge < -0.3 is 19.5 Å². The van der Waals surface area contributed by atoms with Gasteiger partial charge in [-0.2, -0.15) is 0 Å². The third kappa shape index (κ3) is 4.03. The number of aromatic nitrogens is 1. The van der Waals surface area contributed by atoms with E-state index >= 15 is 0 Å². The first-order valence-corrected chi connectivity index (χ1v) is 8.19. The third-order valence-corrected chi connectivity index (χ3v) is 3.88. The van der Waals surface area contributed by atoms with Crippen molar-refractivity contribution in [1.29, 1.82) is 0 Å². The van der Waals surface area contributed by atoms with E-state index in [0.717, 1.165) is 16.7 Å². The van der Waals surface area contributed by atoms with Crippen LogP contribution in [0.2, 0.25) is 0 Å². The van der Waals surface area contributed by atoms with Gasteiger partial charge in [0.15, 0.2) is 11.5 Å². The molecule has 2 aromatic carbocycles. The van der Waals surface area contributed by atoms with Gasteiger partial charge >= 0.3 is 0 Å². The first kappa shape index (κ1) is 17.5. The second kappa shape index (κ2) is 8.20. The normalized spacial score (nSPS) is 10.4. The molecule has 0 atom stereocenters. The molecule has 3 rings (SSSR count). The maximum Gasteiger partial charge on any atom is 0.251 e. The summed E-state index contributed by atoms with van der Waals surface area (Å²) in [6, 6.07) is 14.6. The summed E-state index contributed by atoms with van der Waals surface area (Å²) < 4.78 is 16.1. The zero-order chi connectivity index (χ0) is 18.4. The van der Waals surface area contributed by atoms with Crippen LogP contribution in [0.5, 0.6) is 17.2 Å². The van der Waals surface area contributed by atoms with Crippen LogP contribution in [0.4, 0.5) is 0 Å². The van der Waals surface area contributed by atoms with Crippen LogP contribution < -0.4 is 19.5 Å². The summed E-state index contributed by atoms with van der Waals surface area (Å²) in [5.41, 5.74) is 1.42. The Morgan fingerprint density at radius 2 is 1.88 bits per heavy atom. The van der Waals surface area contributed by atoms with Crippen molar-refractivity contribution >= 4 is 16.8 Å². The van der Waals surface area contributed by atoms with Gasteiger partial charge in [-0.25, -0.2) is 0 Å². The summed E-state index contributed by atoms with van der Waals surface area (Å²) in [4.78, 5) is 16.5. The highest BCUT2D eigenvalue weighted by atomic mass is 16.5. The molecule has 0 spiro atoms. The number of fused-ring (bicyclic) bond motifs is 1. The number of methoxy groups -OCH3 is 2. The molecule has 0 radical (unpaired) electrons. The number of nitrogens with zero attached hydrogens (tertiary/aromatic N) is 1. The number of carbonyl (C=O) groups excluding carboxylic acids is 1. The molecular weight excluding hydrogens is 332 g/mol. The van der Waals surface area contributed by atoms with E-state index in [1.165, 1.54) is 7.11 Å². The second-order valence-electron chi connectivity index (χ2n) is 5.53. The van der Waals surface area contributed by atoms with Gasteiger partial charge in [0.25, 0.3) is 5.91 Å². The fraction of sp³-hybridized carbons (Fsp3) is 0.200. The van der Waals surface area contributed by atoms with Gasteiger partial charge in [0.2, 0.25) is 0 Å². The highest BCUT2D eigenvalue weighted by Crippen LogP contribution is 2.27. The van der Waals surface area contributed by atoms with Crippen LogP contribution in [0.1, 0.15) is 10.4 Å². The Labute approximate surface area is 151 Å². The van der Waals surface area contributed by atoms with E-state index < -0.39 is 0 Å². The Balaban J connectivity index is 1.53. The monoisotopic (exact) mass is 352 g/mol. The summed E-state index contributed by atoms with van der Waals surface area (Å²) >= 11 is 0. The molecule has 0 saturated heterocycles. The van der Waals surface area contributed by atoms with Gasteiger partial charge in [0, 0.05) is 17.1 Å². The third-order valence-electron chi connectivity index (χ3n) is 3.88. The van der Waals surface area contributed by atoms with Crippen LogP contribution in [0.3, 0.4) is 0 Å². The fourth-order valence-corrected chi connectivity index (χ4v) is 2.56. The molecule has 0 fully saturated rings. The maximum atomic E-state index is 12.2. The molecule has 6 nitrogen and oxygen atoms in total. The molecule has 0 saturated carbocycles. The highest BCUT2D eigenvalue weighted by Gasteiger charge is 2.10. The Hall–Kier alpha value is -3.28. The number of nitrogens with one attached hydrogen (secondary N) is 1. The van der Waals surface area contributed by atoms with Crippen LogP contribution in [0.25, 0.3) is 10.9 Å². The lowest BCUT2D eigenvalue weighted by Gasteiger charge is -2.11. The average molecular weight is 352 g/mol. The van der Waals surface area contributed by atoms with Crippen LogP contribution in [0, 0.1) is 0 Å². The van der Waals surface area contributed by atoms with Crippen molar-refractivity contribution in [1.82, 2.24) is 10.3 Å². The molecule has 0 aliphatic rings. The molecule has 1 amide bonds. The summed E-state index contributed by atoms with van der Waals surface area (Å²) in [6.07, 6.45) is 1.76. The zero-order valence-corrected chi connectivity index (χ0v) is 14.7.